The van der Waals surface area contributed by atoms with Crippen molar-refractivity contribution in [1.29, 1.82) is 0 Å². The third kappa shape index (κ3) is 5.69. The van der Waals surface area contributed by atoms with Crippen LogP contribution in [0.5, 0.6) is 5.88 Å². The highest BCUT2D eigenvalue weighted by atomic mass is 127. The molecule has 1 aromatic carbocycles. The second-order valence-electron chi connectivity index (χ2n) is 6.42. The lowest BCUT2D eigenvalue weighted by Gasteiger charge is -2.15. The molecule has 0 aliphatic heterocycles. The molecular weight excluding hydrogens is 479 g/mol. The zero-order valence-electron chi connectivity index (χ0n) is 17.1. The normalized spacial score (nSPS) is 11.0. The van der Waals surface area contributed by atoms with Gasteiger partial charge in [-0.05, 0) is 37.6 Å². The lowest BCUT2D eigenvalue weighted by molar-refractivity contribution is 0.392. The second kappa shape index (κ2) is 10.8. The van der Waals surface area contributed by atoms with Crippen LogP contribution in [0.2, 0.25) is 0 Å². The molecule has 0 amide bonds. The molecule has 7 nitrogen and oxygen atoms in total. The molecule has 3 aromatic rings. The summed E-state index contributed by atoms with van der Waals surface area (Å²) in [7, 11) is 3.37. The van der Waals surface area contributed by atoms with Gasteiger partial charge in [0.15, 0.2) is 5.96 Å². The number of para-hydroxylation sites is 1. The number of rotatable bonds is 6. The molecule has 2 aromatic heterocycles. The molecule has 2 heterocycles. The summed E-state index contributed by atoms with van der Waals surface area (Å²) in [5.41, 5.74) is 5.27. The molecule has 0 atom stereocenters. The van der Waals surface area contributed by atoms with Gasteiger partial charge >= 0.3 is 0 Å². The molecule has 154 valence electrons. The smallest absolute Gasteiger partial charge is 0.218 e. The molecule has 0 saturated heterocycles. The first-order chi connectivity index (χ1) is 13.6. The maximum absolute atomic E-state index is 5.30. The Morgan fingerprint density at radius 2 is 1.76 bits per heavy atom. The van der Waals surface area contributed by atoms with Crippen molar-refractivity contribution in [2.24, 2.45) is 4.99 Å². The van der Waals surface area contributed by atoms with Gasteiger partial charge in [0.05, 0.1) is 18.5 Å². The fourth-order valence-electron chi connectivity index (χ4n) is 3.06. The van der Waals surface area contributed by atoms with Gasteiger partial charge in [-0.3, -0.25) is 4.99 Å². The van der Waals surface area contributed by atoms with Crippen molar-refractivity contribution >= 4 is 29.9 Å². The first-order valence-electron chi connectivity index (χ1n) is 9.16. The minimum Gasteiger partial charge on any atom is -0.481 e. The van der Waals surface area contributed by atoms with Crippen LogP contribution in [0.15, 0.2) is 53.7 Å². The molecular formula is C21H27IN6O. The van der Waals surface area contributed by atoms with E-state index in [1.165, 1.54) is 0 Å². The fourth-order valence-corrected chi connectivity index (χ4v) is 3.06. The first kappa shape index (κ1) is 22.7. The molecule has 0 bridgehead atoms. The summed E-state index contributed by atoms with van der Waals surface area (Å²) < 4.78 is 7.27. The molecule has 0 fully saturated rings. The van der Waals surface area contributed by atoms with Crippen molar-refractivity contribution in [3.63, 3.8) is 0 Å². The number of aryl methyl sites for hydroxylation is 2. The van der Waals surface area contributed by atoms with Gasteiger partial charge in [0.25, 0.3) is 0 Å². The minimum absolute atomic E-state index is 0. The average molecular weight is 506 g/mol. The summed E-state index contributed by atoms with van der Waals surface area (Å²) in [6.45, 7) is 5.25. The van der Waals surface area contributed by atoms with E-state index in [1.54, 1.807) is 20.4 Å². The lowest BCUT2D eigenvalue weighted by Crippen LogP contribution is -2.36. The largest absolute Gasteiger partial charge is 0.481 e. The molecule has 29 heavy (non-hydrogen) atoms. The van der Waals surface area contributed by atoms with Crippen LogP contribution in [0.3, 0.4) is 0 Å². The average Bonchev–Trinajstić information content (AvgIpc) is 3.06. The number of aliphatic imine (C=N–C) groups is 1. The number of benzene rings is 1. The van der Waals surface area contributed by atoms with Gasteiger partial charge in [-0.1, -0.05) is 24.3 Å². The Morgan fingerprint density at radius 1 is 1.07 bits per heavy atom. The zero-order chi connectivity index (χ0) is 19.9. The van der Waals surface area contributed by atoms with Gasteiger partial charge in [0.2, 0.25) is 5.88 Å². The third-order valence-corrected chi connectivity index (χ3v) is 4.39. The maximum atomic E-state index is 5.30. The van der Waals surface area contributed by atoms with E-state index in [0.717, 1.165) is 28.2 Å². The summed E-state index contributed by atoms with van der Waals surface area (Å²) in [5.74, 6) is 1.31. The van der Waals surface area contributed by atoms with E-state index in [1.807, 2.05) is 35.9 Å². The van der Waals surface area contributed by atoms with Gasteiger partial charge in [-0.2, -0.15) is 5.10 Å². The molecule has 3 rings (SSSR count). The number of pyridine rings is 1. The number of aromatic nitrogens is 3. The number of nitrogens with one attached hydrogen (secondary N) is 2. The quantitative estimate of drug-likeness (QED) is 0.305. The van der Waals surface area contributed by atoms with Crippen LogP contribution < -0.4 is 15.4 Å². The Bertz CT molecular complexity index is 969. The van der Waals surface area contributed by atoms with Gasteiger partial charge < -0.3 is 15.4 Å². The summed E-state index contributed by atoms with van der Waals surface area (Å²) in [6, 6.07) is 14.2. The van der Waals surface area contributed by atoms with Crippen molar-refractivity contribution in [1.82, 2.24) is 25.4 Å². The van der Waals surface area contributed by atoms with Crippen molar-refractivity contribution in [3.05, 3.63) is 71.2 Å². The van der Waals surface area contributed by atoms with Crippen LogP contribution >= 0.6 is 24.0 Å². The van der Waals surface area contributed by atoms with Crippen LogP contribution in [0.25, 0.3) is 5.69 Å². The monoisotopic (exact) mass is 506 g/mol. The predicted molar refractivity (Wildman–Crippen MR) is 126 cm³/mol. The summed E-state index contributed by atoms with van der Waals surface area (Å²) >= 11 is 0. The summed E-state index contributed by atoms with van der Waals surface area (Å²) in [4.78, 5) is 8.53. The Labute approximate surface area is 188 Å². The molecule has 8 heteroatoms. The highest BCUT2D eigenvalue weighted by Crippen LogP contribution is 2.17. The molecule has 0 unspecified atom stereocenters. The highest BCUT2D eigenvalue weighted by molar-refractivity contribution is 14.0. The van der Waals surface area contributed by atoms with Gasteiger partial charge in [0.1, 0.15) is 0 Å². The lowest BCUT2D eigenvalue weighted by atomic mass is 10.1. The Morgan fingerprint density at radius 3 is 2.41 bits per heavy atom. The maximum Gasteiger partial charge on any atom is 0.218 e. The molecule has 0 radical (unpaired) electrons. The van der Waals surface area contributed by atoms with E-state index in [2.05, 4.69) is 50.8 Å². The topological polar surface area (TPSA) is 76.4 Å². The minimum atomic E-state index is 0. The summed E-state index contributed by atoms with van der Waals surface area (Å²) in [5, 5.41) is 11.3. The number of hydrogen-bond donors (Lipinski definition) is 2. The van der Waals surface area contributed by atoms with E-state index in [9.17, 15) is 0 Å². The van der Waals surface area contributed by atoms with Gasteiger partial charge in [-0.15, -0.1) is 24.0 Å². The van der Waals surface area contributed by atoms with E-state index in [4.69, 9.17) is 4.74 Å². The molecule has 0 spiro atoms. The number of nitrogens with zero attached hydrogens (tertiary/aromatic N) is 4. The van der Waals surface area contributed by atoms with E-state index in [-0.39, 0.29) is 24.0 Å². The fraction of sp³-hybridized carbons (Fsp3) is 0.286. The molecule has 2 N–H and O–H groups in total. The summed E-state index contributed by atoms with van der Waals surface area (Å²) in [6.07, 6.45) is 1.71. The van der Waals surface area contributed by atoms with Crippen LogP contribution in [-0.2, 0) is 13.1 Å². The van der Waals surface area contributed by atoms with Crippen molar-refractivity contribution in [2.75, 3.05) is 14.2 Å². The zero-order valence-corrected chi connectivity index (χ0v) is 19.5. The van der Waals surface area contributed by atoms with Crippen molar-refractivity contribution in [2.45, 2.75) is 26.9 Å². The van der Waals surface area contributed by atoms with Crippen LogP contribution in [0, 0.1) is 13.8 Å². The second-order valence-corrected chi connectivity index (χ2v) is 6.42. The van der Waals surface area contributed by atoms with E-state index < -0.39 is 0 Å². The third-order valence-electron chi connectivity index (χ3n) is 4.39. The van der Waals surface area contributed by atoms with Crippen LogP contribution in [0.1, 0.15) is 22.5 Å². The Kier molecular flexibility index (Phi) is 8.44. The van der Waals surface area contributed by atoms with Gasteiger partial charge in [0, 0.05) is 37.6 Å². The van der Waals surface area contributed by atoms with Gasteiger partial charge in [-0.25, -0.2) is 9.67 Å². The van der Waals surface area contributed by atoms with Crippen molar-refractivity contribution < 1.29 is 4.74 Å². The highest BCUT2D eigenvalue weighted by Gasteiger charge is 2.10. The van der Waals surface area contributed by atoms with Crippen molar-refractivity contribution in [3.8, 4) is 11.6 Å². The Balaban J connectivity index is 0.00000300. The number of methoxy groups -OCH3 is 1. The number of guanidine groups is 1. The molecule has 0 aliphatic carbocycles. The van der Waals surface area contributed by atoms with E-state index in [0.29, 0.717) is 24.9 Å². The Hall–Kier alpha value is -2.62. The molecule has 0 aliphatic rings. The SMILES string of the molecule is CN=C(NCc1ccccc1-n1nc(C)cc1C)NCc1cccnc1OC.I. The number of hydrogen-bond acceptors (Lipinski definition) is 4. The predicted octanol–water partition coefficient (Wildman–Crippen LogP) is 3.38. The first-order valence-corrected chi connectivity index (χ1v) is 9.16. The van der Waals surface area contributed by atoms with Crippen LogP contribution in [0.4, 0.5) is 0 Å². The standard InChI is InChI=1S/C21H26N6O.HI/c1-15-12-16(2)27(26-15)19-10-6-5-8-17(19)13-24-21(22-3)25-14-18-9-7-11-23-20(18)28-4;/h5-12H,13-14H2,1-4H3,(H2,22,24,25);1H. The number of halogens is 1. The number of ether oxygens (including phenoxy) is 1. The molecule has 0 saturated carbocycles. The van der Waals surface area contributed by atoms with E-state index >= 15 is 0 Å². The van der Waals surface area contributed by atoms with Crippen LogP contribution in [-0.4, -0.2) is 34.9 Å².